The zero-order valence-electron chi connectivity index (χ0n) is 15.3. The number of rotatable bonds is 5. The van der Waals surface area contributed by atoms with E-state index >= 15 is 0 Å². The van der Waals surface area contributed by atoms with Gasteiger partial charge in [0.1, 0.15) is 0 Å². The third-order valence-corrected chi connectivity index (χ3v) is 4.29. The number of nitrogens with zero attached hydrogens (tertiary/aromatic N) is 1. The third kappa shape index (κ3) is 4.53. The number of anilines is 2. The summed E-state index contributed by atoms with van der Waals surface area (Å²) in [6.07, 6.45) is -0.0103. The van der Waals surface area contributed by atoms with Gasteiger partial charge in [0.15, 0.2) is 0 Å². The first-order valence-electron chi connectivity index (χ1n) is 8.91. The molecule has 1 heterocycles. The average molecular weight is 366 g/mol. The standard InChI is InChI=1S/C21H22N2O4/c1-14(2)27-21(26)15-8-10-17(11-9-15)22-20(25)16-12-19(24)23(13-16)18-6-4-3-5-7-18/h3-11,14,16H,12-13H2,1-2H3,(H,22,25)/t16-/m1/s1. The van der Waals surface area contributed by atoms with E-state index in [1.807, 2.05) is 30.3 Å². The molecule has 0 spiro atoms. The van der Waals surface area contributed by atoms with Crippen molar-refractivity contribution in [3.8, 4) is 0 Å². The van der Waals surface area contributed by atoms with Gasteiger partial charge in [0, 0.05) is 24.3 Å². The average Bonchev–Trinajstić information content (AvgIpc) is 3.04. The van der Waals surface area contributed by atoms with Crippen LogP contribution in [0.3, 0.4) is 0 Å². The van der Waals surface area contributed by atoms with Crippen molar-refractivity contribution >= 4 is 29.2 Å². The van der Waals surface area contributed by atoms with E-state index < -0.39 is 11.9 Å². The Kier molecular flexibility index (Phi) is 5.54. The number of amides is 2. The molecule has 140 valence electrons. The van der Waals surface area contributed by atoms with Gasteiger partial charge in [-0.05, 0) is 50.2 Å². The highest BCUT2D eigenvalue weighted by atomic mass is 16.5. The van der Waals surface area contributed by atoms with Gasteiger partial charge in [0.2, 0.25) is 11.8 Å². The van der Waals surface area contributed by atoms with Crippen molar-refractivity contribution in [1.29, 1.82) is 0 Å². The molecule has 0 unspecified atom stereocenters. The van der Waals surface area contributed by atoms with E-state index in [0.717, 1.165) is 5.69 Å². The monoisotopic (exact) mass is 366 g/mol. The molecule has 2 aromatic rings. The second-order valence-electron chi connectivity index (χ2n) is 6.76. The quantitative estimate of drug-likeness (QED) is 0.824. The SMILES string of the molecule is CC(C)OC(=O)c1ccc(NC(=O)[C@@H]2CC(=O)N(c3ccccc3)C2)cc1. The van der Waals surface area contributed by atoms with Crippen LogP contribution < -0.4 is 10.2 Å². The number of ether oxygens (including phenoxy) is 1. The summed E-state index contributed by atoms with van der Waals surface area (Å²) >= 11 is 0. The van der Waals surface area contributed by atoms with Gasteiger partial charge in [-0.15, -0.1) is 0 Å². The highest BCUT2D eigenvalue weighted by Crippen LogP contribution is 2.25. The summed E-state index contributed by atoms with van der Waals surface area (Å²) in [5.74, 6) is -1.08. The minimum Gasteiger partial charge on any atom is -0.459 e. The van der Waals surface area contributed by atoms with Gasteiger partial charge in [-0.25, -0.2) is 4.79 Å². The Balaban J connectivity index is 1.61. The predicted octanol–water partition coefficient (Wildman–Crippen LogP) is 3.24. The number of carbonyl (C=O) groups excluding carboxylic acids is 3. The van der Waals surface area contributed by atoms with E-state index in [-0.39, 0.29) is 24.3 Å². The Morgan fingerprint density at radius 1 is 1.07 bits per heavy atom. The van der Waals surface area contributed by atoms with Crippen LogP contribution in [0.2, 0.25) is 0 Å². The van der Waals surface area contributed by atoms with Crippen molar-refractivity contribution in [2.24, 2.45) is 5.92 Å². The van der Waals surface area contributed by atoms with Crippen LogP contribution in [0.1, 0.15) is 30.6 Å². The van der Waals surface area contributed by atoms with Crippen LogP contribution in [0.4, 0.5) is 11.4 Å². The molecule has 1 N–H and O–H groups in total. The van der Waals surface area contributed by atoms with Crippen molar-refractivity contribution in [2.75, 3.05) is 16.8 Å². The van der Waals surface area contributed by atoms with Crippen LogP contribution in [0.25, 0.3) is 0 Å². The lowest BCUT2D eigenvalue weighted by atomic mass is 10.1. The van der Waals surface area contributed by atoms with Crippen molar-refractivity contribution in [3.05, 3.63) is 60.2 Å². The molecule has 3 rings (SSSR count). The second kappa shape index (κ2) is 8.03. The zero-order valence-corrected chi connectivity index (χ0v) is 15.3. The molecular formula is C21H22N2O4. The third-order valence-electron chi connectivity index (χ3n) is 4.29. The minimum absolute atomic E-state index is 0.0619. The fourth-order valence-corrected chi connectivity index (χ4v) is 2.96. The molecule has 0 aromatic heterocycles. The maximum atomic E-state index is 12.5. The first kappa shape index (κ1) is 18.6. The number of nitrogens with one attached hydrogen (secondary N) is 1. The van der Waals surface area contributed by atoms with Gasteiger partial charge in [-0.1, -0.05) is 18.2 Å². The molecule has 1 atom stereocenters. The molecule has 27 heavy (non-hydrogen) atoms. The molecule has 1 fully saturated rings. The van der Waals surface area contributed by atoms with E-state index in [1.54, 1.807) is 43.0 Å². The number of esters is 1. The minimum atomic E-state index is -0.414. The lowest BCUT2D eigenvalue weighted by Gasteiger charge is -2.16. The van der Waals surface area contributed by atoms with E-state index in [2.05, 4.69) is 5.32 Å². The summed E-state index contributed by atoms with van der Waals surface area (Å²) in [5, 5.41) is 2.81. The molecule has 1 aliphatic rings. The van der Waals surface area contributed by atoms with Crippen molar-refractivity contribution in [1.82, 2.24) is 0 Å². The van der Waals surface area contributed by atoms with Gasteiger partial charge in [-0.2, -0.15) is 0 Å². The summed E-state index contributed by atoms with van der Waals surface area (Å²) in [7, 11) is 0. The lowest BCUT2D eigenvalue weighted by Crippen LogP contribution is -2.28. The summed E-state index contributed by atoms with van der Waals surface area (Å²) in [5.41, 5.74) is 1.80. The molecule has 6 nitrogen and oxygen atoms in total. The Morgan fingerprint density at radius 3 is 2.37 bits per heavy atom. The van der Waals surface area contributed by atoms with E-state index in [4.69, 9.17) is 4.74 Å². The van der Waals surface area contributed by atoms with Gasteiger partial charge >= 0.3 is 5.97 Å². The van der Waals surface area contributed by atoms with Crippen LogP contribution in [-0.4, -0.2) is 30.4 Å². The molecule has 1 saturated heterocycles. The Bertz CT molecular complexity index is 831. The summed E-state index contributed by atoms with van der Waals surface area (Å²) in [6, 6.07) is 15.8. The smallest absolute Gasteiger partial charge is 0.338 e. The number of benzene rings is 2. The van der Waals surface area contributed by atoms with Crippen molar-refractivity contribution < 1.29 is 19.1 Å². The van der Waals surface area contributed by atoms with Gasteiger partial charge in [0.05, 0.1) is 17.6 Å². The van der Waals surface area contributed by atoms with Crippen LogP contribution in [0, 0.1) is 5.92 Å². The number of hydrogen-bond donors (Lipinski definition) is 1. The first-order chi connectivity index (χ1) is 12.9. The second-order valence-corrected chi connectivity index (χ2v) is 6.76. The molecule has 0 saturated carbocycles. The van der Waals surface area contributed by atoms with E-state index in [0.29, 0.717) is 17.8 Å². The van der Waals surface area contributed by atoms with Crippen LogP contribution in [0.15, 0.2) is 54.6 Å². The van der Waals surface area contributed by atoms with Crippen LogP contribution in [-0.2, 0) is 14.3 Å². The van der Waals surface area contributed by atoms with Crippen LogP contribution >= 0.6 is 0 Å². The fourth-order valence-electron chi connectivity index (χ4n) is 2.96. The molecule has 1 aliphatic heterocycles. The number of hydrogen-bond acceptors (Lipinski definition) is 4. The Labute approximate surface area is 158 Å². The topological polar surface area (TPSA) is 75.7 Å². The maximum Gasteiger partial charge on any atom is 0.338 e. The van der Waals surface area contributed by atoms with Crippen LogP contribution in [0.5, 0.6) is 0 Å². The number of carbonyl (C=O) groups is 3. The van der Waals surface area contributed by atoms with Crippen molar-refractivity contribution in [3.63, 3.8) is 0 Å². The van der Waals surface area contributed by atoms with E-state index in [9.17, 15) is 14.4 Å². The lowest BCUT2D eigenvalue weighted by molar-refractivity contribution is -0.122. The molecule has 6 heteroatoms. The highest BCUT2D eigenvalue weighted by Gasteiger charge is 2.35. The summed E-state index contributed by atoms with van der Waals surface area (Å²) in [6.45, 7) is 3.93. The van der Waals surface area contributed by atoms with E-state index in [1.165, 1.54) is 0 Å². The fraction of sp³-hybridized carbons (Fsp3) is 0.286. The normalized spacial score (nSPS) is 16.5. The molecule has 2 aromatic carbocycles. The van der Waals surface area contributed by atoms with Gasteiger partial charge in [0.25, 0.3) is 0 Å². The molecule has 2 amide bonds. The molecule has 0 radical (unpaired) electrons. The predicted molar refractivity (Wildman–Crippen MR) is 103 cm³/mol. The highest BCUT2D eigenvalue weighted by molar-refractivity contribution is 6.03. The first-order valence-corrected chi connectivity index (χ1v) is 8.91. The number of para-hydroxylation sites is 1. The Hall–Kier alpha value is -3.15. The van der Waals surface area contributed by atoms with Gasteiger partial charge in [-0.3, -0.25) is 9.59 Å². The van der Waals surface area contributed by atoms with Crippen molar-refractivity contribution in [2.45, 2.75) is 26.4 Å². The van der Waals surface area contributed by atoms with Gasteiger partial charge < -0.3 is 15.0 Å². The summed E-state index contributed by atoms with van der Waals surface area (Å²) in [4.78, 5) is 38.3. The largest absolute Gasteiger partial charge is 0.459 e. The zero-order chi connectivity index (χ0) is 19.4. The molecular weight excluding hydrogens is 344 g/mol. The summed E-state index contributed by atoms with van der Waals surface area (Å²) < 4.78 is 5.13. The molecule has 0 aliphatic carbocycles. The maximum absolute atomic E-state index is 12.5. The molecule has 0 bridgehead atoms. The Morgan fingerprint density at radius 2 is 1.74 bits per heavy atom.